The zero-order valence-corrected chi connectivity index (χ0v) is 18.6. The average molecular weight is 503 g/mol. The Morgan fingerprint density at radius 1 is 1.15 bits per heavy atom. The number of alkyl halides is 3. The SMILES string of the molecule is CN=C(NCc1ccccc1OCC(F)(F)F)NCC(OC)C(C)(C)C.I. The molecule has 0 aliphatic carbocycles. The van der Waals surface area contributed by atoms with E-state index in [1.54, 1.807) is 32.4 Å². The molecule has 1 unspecified atom stereocenters. The van der Waals surface area contributed by atoms with Gasteiger partial charge in [-0.1, -0.05) is 39.0 Å². The third kappa shape index (κ3) is 10.0. The Bertz CT molecular complexity index is 590. The van der Waals surface area contributed by atoms with E-state index < -0.39 is 12.8 Å². The molecule has 0 aliphatic heterocycles. The van der Waals surface area contributed by atoms with Crippen LogP contribution in [0, 0.1) is 5.41 Å². The third-order valence-electron chi connectivity index (χ3n) is 3.74. The van der Waals surface area contributed by atoms with Crippen LogP contribution in [0.15, 0.2) is 29.3 Å². The standard InChI is InChI=1S/C18H28F3N3O2.HI/c1-17(2,3)15(25-5)11-24-16(22-4)23-10-13-8-6-7-9-14(13)26-12-18(19,20)21;/h6-9,15H,10-12H2,1-5H3,(H2,22,23,24);1H. The summed E-state index contributed by atoms with van der Waals surface area (Å²) in [6, 6.07) is 6.60. The van der Waals surface area contributed by atoms with Crippen molar-refractivity contribution in [1.29, 1.82) is 0 Å². The number of ether oxygens (including phenoxy) is 2. The molecule has 0 aliphatic rings. The molecular formula is C18H29F3IN3O2. The quantitative estimate of drug-likeness (QED) is 0.336. The number of nitrogens with one attached hydrogen (secondary N) is 2. The average Bonchev–Trinajstić information content (AvgIpc) is 2.55. The maximum Gasteiger partial charge on any atom is 0.422 e. The van der Waals surface area contributed by atoms with Gasteiger partial charge in [0, 0.05) is 32.8 Å². The lowest BCUT2D eigenvalue weighted by Crippen LogP contribution is -2.45. The largest absolute Gasteiger partial charge is 0.484 e. The van der Waals surface area contributed by atoms with Gasteiger partial charge in [0.2, 0.25) is 0 Å². The van der Waals surface area contributed by atoms with E-state index in [1.807, 2.05) is 0 Å². The van der Waals surface area contributed by atoms with Crippen LogP contribution in [0.25, 0.3) is 0 Å². The van der Waals surface area contributed by atoms with E-state index >= 15 is 0 Å². The molecule has 9 heteroatoms. The molecule has 0 radical (unpaired) electrons. The molecule has 1 aromatic rings. The molecule has 1 atom stereocenters. The second kappa shape index (κ2) is 11.6. The maximum absolute atomic E-state index is 12.4. The first-order valence-corrected chi connectivity index (χ1v) is 8.31. The lowest BCUT2D eigenvalue weighted by atomic mass is 9.89. The zero-order valence-electron chi connectivity index (χ0n) is 16.3. The first-order chi connectivity index (χ1) is 12.1. The highest BCUT2D eigenvalue weighted by Crippen LogP contribution is 2.22. The molecule has 2 N–H and O–H groups in total. The molecule has 0 heterocycles. The minimum absolute atomic E-state index is 0. The second-order valence-corrected chi connectivity index (χ2v) is 6.91. The Labute approximate surface area is 176 Å². The van der Waals surface area contributed by atoms with Crippen molar-refractivity contribution < 1.29 is 22.6 Å². The van der Waals surface area contributed by atoms with E-state index in [1.165, 1.54) is 6.07 Å². The van der Waals surface area contributed by atoms with Crippen molar-refractivity contribution in [3.8, 4) is 5.75 Å². The van der Waals surface area contributed by atoms with Gasteiger partial charge in [-0.15, -0.1) is 24.0 Å². The van der Waals surface area contributed by atoms with Crippen molar-refractivity contribution >= 4 is 29.9 Å². The minimum atomic E-state index is -4.37. The first kappa shape index (κ1) is 25.8. The van der Waals surface area contributed by atoms with Crippen LogP contribution in [-0.2, 0) is 11.3 Å². The van der Waals surface area contributed by atoms with Crippen molar-refractivity contribution in [3.63, 3.8) is 0 Å². The number of halogens is 4. The molecule has 5 nitrogen and oxygen atoms in total. The molecule has 0 saturated carbocycles. The van der Waals surface area contributed by atoms with Crippen LogP contribution in [0.1, 0.15) is 26.3 Å². The number of nitrogens with zero attached hydrogens (tertiary/aromatic N) is 1. The molecule has 156 valence electrons. The molecule has 0 spiro atoms. The number of aliphatic imine (C=N–C) groups is 1. The normalized spacial score (nSPS) is 13.6. The third-order valence-corrected chi connectivity index (χ3v) is 3.74. The number of hydrogen-bond donors (Lipinski definition) is 2. The van der Waals surface area contributed by atoms with Gasteiger partial charge in [0.25, 0.3) is 0 Å². The molecule has 0 fully saturated rings. The van der Waals surface area contributed by atoms with Crippen LogP contribution in [-0.4, -0.2) is 45.5 Å². The molecule has 0 amide bonds. The summed E-state index contributed by atoms with van der Waals surface area (Å²) in [5, 5.41) is 6.24. The lowest BCUT2D eigenvalue weighted by Gasteiger charge is -2.30. The summed E-state index contributed by atoms with van der Waals surface area (Å²) in [7, 11) is 3.28. The number of guanidine groups is 1. The van der Waals surface area contributed by atoms with Gasteiger partial charge in [-0.05, 0) is 11.5 Å². The van der Waals surface area contributed by atoms with E-state index in [-0.39, 0.29) is 47.8 Å². The topological polar surface area (TPSA) is 54.9 Å². The Morgan fingerprint density at radius 3 is 2.30 bits per heavy atom. The van der Waals surface area contributed by atoms with E-state index in [9.17, 15) is 13.2 Å². The summed E-state index contributed by atoms with van der Waals surface area (Å²) in [6.45, 7) is 5.73. The second-order valence-electron chi connectivity index (χ2n) is 6.91. The number of benzene rings is 1. The van der Waals surface area contributed by atoms with Crippen molar-refractivity contribution in [3.05, 3.63) is 29.8 Å². The van der Waals surface area contributed by atoms with Gasteiger partial charge in [-0.3, -0.25) is 4.99 Å². The Hall–Kier alpha value is -1.23. The Morgan fingerprint density at radius 2 is 1.78 bits per heavy atom. The summed E-state index contributed by atoms with van der Waals surface area (Å²) >= 11 is 0. The van der Waals surface area contributed by atoms with Gasteiger partial charge in [-0.25, -0.2) is 0 Å². The van der Waals surface area contributed by atoms with Crippen molar-refractivity contribution in [2.45, 2.75) is 39.6 Å². The highest BCUT2D eigenvalue weighted by Gasteiger charge is 2.28. The molecule has 0 saturated heterocycles. The predicted octanol–water partition coefficient (Wildman–Crippen LogP) is 3.97. The first-order valence-electron chi connectivity index (χ1n) is 8.31. The monoisotopic (exact) mass is 503 g/mol. The number of hydrogen-bond acceptors (Lipinski definition) is 3. The van der Waals surface area contributed by atoms with E-state index in [4.69, 9.17) is 9.47 Å². The summed E-state index contributed by atoms with van der Waals surface area (Å²) in [5.74, 6) is 0.721. The van der Waals surface area contributed by atoms with Gasteiger partial charge in [0.05, 0.1) is 6.10 Å². The van der Waals surface area contributed by atoms with Crippen molar-refractivity contribution in [2.75, 3.05) is 27.3 Å². The summed E-state index contributed by atoms with van der Waals surface area (Å²) < 4.78 is 47.5. The van der Waals surface area contributed by atoms with Gasteiger partial charge >= 0.3 is 6.18 Å². The van der Waals surface area contributed by atoms with E-state index in [0.29, 0.717) is 18.1 Å². The Balaban J connectivity index is 0.00000676. The summed E-state index contributed by atoms with van der Waals surface area (Å²) in [6.07, 6.45) is -4.40. The Kier molecular flexibility index (Phi) is 11.0. The fraction of sp³-hybridized carbons (Fsp3) is 0.611. The van der Waals surface area contributed by atoms with Crippen LogP contribution in [0.4, 0.5) is 13.2 Å². The van der Waals surface area contributed by atoms with Crippen molar-refractivity contribution in [1.82, 2.24) is 10.6 Å². The number of rotatable bonds is 7. The molecule has 0 aromatic heterocycles. The molecule has 1 aromatic carbocycles. The fourth-order valence-electron chi connectivity index (χ4n) is 2.28. The van der Waals surface area contributed by atoms with Crippen molar-refractivity contribution in [2.24, 2.45) is 10.4 Å². The van der Waals surface area contributed by atoms with Gasteiger partial charge in [0.1, 0.15) is 5.75 Å². The van der Waals surface area contributed by atoms with E-state index in [0.717, 1.165) is 0 Å². The maximum atomic E-state index is 12.4. The fourth-order valence-corrected chi connectivity index (χ4v) is 2.28. The van der Waals surface area contributed by atoms with Gasteiger partial charge < -0.3 is 20.1 Å². The van der Waals surface area contributed by atoms with Crippen LogP contribution in [0.5, 0.6) is 5.75 Å². The molecule has 27 heavy (non-hydrogen) atoms. The van der Waals surface area contributed by atoms with Crippen LogP contribution in [0.3, 0.4) is 0 Å². The summed E-state index contributed by atoms with van der Waals surface area (Å²) in [5.41, 5.74) is 0.567. The lowest BCUT2D eigenvalue weighted by molar-refractivity contribution is -0.153. The predicted molar refractivity (Wildman–Crippen MR) is 112 cm³/mol. The smallest absolute Gasteiger partial charge is 0.422 e. The molecular weight excluding hydrogens is 474 g/mol. The van der Waals surface area contributed by atoms with Gasteiger partial charge in [-0.2, -0.15) is 13.2 Å². The highest BCUT2D eigenvalue weighted by molar-refractivity contribution is 14.0. The summed E-state index contributed by atoms with van der Waals surface area (Å²) in [4.78, 5) is 4.12. The van der Waals surface area contributed by atoms with Crippen LogP contribution >= 0.6 is 24.0 Å². The van der Waals surface area contributed by atoms with E-state index in [2.05, 4.69) is 36.4 Å². The zero-order chi connectivity index (χ0) is 19.8. The molecule has 1 rings (SSSR count). The number of methoxy groups -OCH3 is 1. The van der Waals surface area contributed by atoms with Gasteiger partial charge in [0.15, 0.2) is 12.6 Å². The molecule has 0 bridgehead atoms. The van der Waals surface area contributed by atoms with Crippen LogP contribution in [0.2, 0.25) is 0 Å². The minimum Gasteiger partial charge on any atom is -0.484 e. The number of para-hydroxylation sites is 1. The highest BCUT2D eigenvalue weighted by atomic mass is 127. The van der Waals surface area contributed by atoms with Crippen LogP contribution < -0.4 is 15.4 Å².